The Morgan fingerprint density at radius 2 is 1.78 bits per heavy atom. The third-order valence-corrected chi connectivity index (χ3v) is 6.62. The van der Waals surface area contributed by atoms with Crippen molar-refractivity contribution in [3.05, 3.63) is 106 Å². The first-order valence-electron chi connectivity index (χ1n) is 12.0. The monoisotopic (exact) mass is 513 g/mol. The fraction of sp³-hybridized carbons (Fsp3) is 0.241. The molecule has 0 aromatic heterocycles. The Bertz CT molecular complexity index is 1380. The second-order valence-electron chi connectivity index (χ2n) is 9.49. The second kappa shape index (κ2) is 10.9. The number of hydrogen-bond donors (Lipinski definition) is 2. The summed E-state index contributed by atoms with van der Waals surface area (Å²) in [6.45, 7) is 4.54. The number of rotatable bonds is 8. The van der Waals surface area contributed by atoms with Crippen molar-refractivity contribution in [1.82, 2.24) is 10.2 Å². The van der Waals surface area contributed by atoms with Crippen LogP contribution in [0, 0.1) is 17.2 Å². The van der Waals surface area contributed by atoms with Gasteiger partial charge in [0.1, 0.15) is 0 Å². The summed E-state index contributed by atoms with van der Waals surface area (Å²) in [5.41, 5.74) is 8.43. The van der Waals surface area contributed by atoms with Gasteiger partial charge in [-0.05, 0) is 53.3 Å². The molecule has 0 saturated carbocycles. The Morgan fingerprint density at radius 3 is 2.43 bits per heavy atom. The van der Waals surface area contributed by atoms with Crippen LogP contribution in [0.15, 0.2) is 77.8 Å². The lowest BCUT2D eigenvalue weighted by molar-refractivity contribution is -0.132. The Kier molecular flexibility index (Phi) is 7.61. The van der Waals surface area contributed by atoms with Crippen molar-refractivity contribution in [2.24, 2.45) is 16.6 Å². The lowest BCUT2D eigenvalue weighted by Crippen LogP contribution is -2.43. The molecule has 0 saturated heterocycles. The maximum atomic E-state index is 13.8. The summed E-state index contributed by atoms with van der Waals surface area (Å²) in [7, 11) is 0. The molecule has 1 atom stereocenters. The predicted molar refractivity (Wildman–Crippen MR) is 144 cm³/mol. The lowest BCUT2D eigenvalue weighted by atomic mass is 9.82. The molecule has 1 unspecified atom stereocenters. The predicted octanol–water partition coefficient (Wildman–Crippen LogP) is 4.74. The molecule has 0 spiro atoms. The lowest BCUT2D eigenvalue weighted by Gasteiger charge is -2.28. The number of carbonyl (C=O) groups excluding carboxylic acids is 2. The molecule has 188 valence electrons. The van der Waals surface area contributed by atoms with Crippen molar-refractivity contribution in [1.29, 1.82) is 5.26 Å². The molecule has 0 bridgehead atoms. The van der Waals surface area contributed by atoms with E-state index in [9.17, 15) is 9.59 Å². The van der Waals surface area contributed by atoms with Crippen molar-refractivity contribution in [2.75, 3.05) is 0 Å². The molecule has 1 aliphatic heterocycles. The van der Waals surface area contributed by atoms with Gasteiger partial charge in [0.05, 0.1) is 28.8 Å². The highest BCUT2D eigenvalue weighted by Crippen LogP contribution is 2.39. The zero-order chi connectivity index (χ0) is 26.6. The minimum atomic E-state index is -1.08. The van der Waals surface area contributed by atoms with Gasteiger partial charge in [-0.2, -0.15) is 5.26 Å². The Morgan fingerprint density at radius 1 is 1.11 bits per heavy atom. The van der Waals surface area contributed by atoms with Crippen LogP contribution in [0.4, 0.5) is 0 Å². The molecule has 4 rings (SSSR count). The normalized spacial score (nSPS) is 17.0. The molecule has 37 heavy (non-hydrogen) atoms. The number of nitrogens with zero attached hydrogens (tertiary/aromatic N) is 3. The number of benzene rings is 3. The van der Waals surface area contributed by atoms with Crippen LogP contribution in [0.5, 0.6) is 0 Å². The topological polar surface area (TPSA) is 112 Å². The number of hydrogen-bond acceptors (Lipinski definition) is 5. The SMILES string of the molecule is CC(C)CC1(c2ccccc2)N=C(N)N(Cc2ccc(Cl)c(C(=O)NCc3ccc(C#N)cc3)c2)C1=O. The first kappa shape index (κ1) is 25.9. The van der Waals surface area contributed by atoms with Gasteiger partial charge < -0.3 is 11.1 Å². The highest BCUT2D eigenvalue weighted by Gasteiger charge is 2.49. The third-order valence-electron chi connectivity index (χ3n) is 6.29. The van der Waals surface area contributed by atoms with Gasteiger partial charge in [0, 0.05) is 6.54 Å². The van der Waals surface area contributed by atoms with Crippen LogP contribution in [-0.4, -0.2) is 22.7 Å². The number of amides is 2. The van der Waals surface area contributed by atoms with E-state index in [4.69, 9.17) is 22.6 Å². The van der Waals surface area contributed by atoms with Crippen LogP contribution in [0.3, 0.4) is 0 Å². The summed E-state index contributed by atoms with van der Waals surface area (Å²) in [6, 6.07) is 23.6. The van der Waals surface area contributed by atoms with Crippen molar-refractivity contribution < 1.29 is 9.59 Å². The van der Waals surface area contributed by atoms with E-state index in [-0.39, 0.29) is 36.8 Å². The largest absolute Gasteiger partial charge is 0.369 e. The van der Waals surface area contributed by atoms with Gasteiger partial charge in [-0.25, -0.2) is 4.99 Å². The molecule has 0 fully saturated rings. The molecule has 3 N–H and O–H groups in total. The van der Waals surface area contributed by atoms with E-state index in [1.165, 1.54) is 4.90 Å². The zero-order valence-corrected chi connectivity index (χ0v) is 21.5. The van der Waals surface area contributed by atoms with E-state index in [0.29, 0.717) is 28.1 Å². The van der Waals surface area contributed by atoms with Gasteiger partial charge in [0.15, 0.2) is 11.5 Å². The molecule has 0 radical (unpaired) electrons. The fourth-order valence-electron chi connectivity index (χ4n) is 4.53. The summed E-state index contributed by atoms with van der Waals surface area (Å²) in [4.78, 5) is 32.8. The Labute approximate surface area is 221 Å². The average Bonchev–Trinajstić information content (AvgIpc) is 3.13. The summed E-state index contributed by atoms with van der Waals surface area (Å²) in [5, 5.41) is 12.1. The van der Waals surface area contributed by atoms with Crippen LogP contribution in [0.25, 0.3) is 0 Å². The molecular formula is C29H28ClN5O2. The van der Waals surface area contributed by atoms with E-state index in [0.717, 1.165) is 11.1 Å². The van der Waals surface area contributed by atoms with Crippen molar-refractivity contribution in [2.45, 2.75) is 38.9 Å². The van der Waals surface area contributed by atoms with E-state index >= 15 is 0 Å². The molecule has 0 aliphatic carbocycles. The molecule has 7 nitrogen and oxygen atoms in total. The van der Waals surface area contributed by atoms with E-state index in [1.54, 1.807) is 42.5 Å². The smallest absolute Gasteiger partial charge is 0.262 e. The van der Waals surface area contributed by atoms with Gasteiger partial charge >= 0.3 is 0 Å². The Balaban J connectivity index is 1.53. The van der Waals surface area contributed by atoms with Crippen LogP contribution in [0.1, 0.15) is 52.9 Å². The molecule has 1 aliphatic rings. The maximum Gasteiger partial charge on any atom is 0.262 e. The number of aliphatic imine (C=N–C) groups is 1. The van der Waals surface area contributed by atoms with Crippen LogP contribution >= 0.6 is 11.6 Å². The second-order valence-corrected chi connectivity index (χ2v) is 9.90. The number of carbonyl (C=O) groups is 2. The summed E-state index contributed by atoms with van der Waals surface area (Å²) >= 11 is 6.34. The van der Waals surface area contributed by atoms with E-state index < -0.39 is 5.54 Å². The molecule has 2 amide bonds. The van der Waals surface area contributed by atoms with Gasteiger partial charge in [0.2, 0.25) is 0 Å². The average molecular weight is 514 g/mol. The maximum absolute atomic E-state index is 13.8. The Hall–Kier alpha value is -4.15. The van der Waals surface area contributed by atoms with E-state index in [1.807, 2.05) is 44.2 Å². The van der Waals surface area contributed by atoms with E-state index in [2.05, 4.69) is 16.4 Å². The zero-order valence-electron chi connectivity index (χ0n) is 20.7. The van der Waals surface area contributed by atoms with Crippen LogP contribution in [-0.2, 0) is 23.4 Å². The first-order chi connectivity index (χ1) is 17.7. The summed E-state index contributed by atoms with van der Waals surface area (Å²) in [5.74, 6) is -0.172. The van der Waals surface area contributed by atoms with Gasteiger partial charge in [-0.15, -0.1) is 0 Å². The van der Waals surface area contributed by atoms with Gasteiger partial charge in [-0.1, -0.05) is 74.0 Å². The number of halogens is 1. The minimum Gasteiger partial charge on any atom is -0.369 e. The molecule has 1 heterocycles. The number of nitrogens with two attached hydrogens (primary N) is 1. The number of nitrogens with one attached hydrogen (secondary N) is 1. The summed E-state index contributed by atoms with van der Waals surface area (Å²) in [6.07, 6.45) is 0.524. The number of nitriles is 1. The van der Waals surface area contributed by atoms with Crippen LogP contribution in [0.2, 0.25) is 5.02 Å². The molecule has 3 aromatic carbocycles. The minimum absolute atomic E-state index is 0.149. The first-order valence-corrected chi connectivity index (χ1v) is 12.4. The highest BCUT2D eigenvalue weighted by atomic mass is 35.5. The third kappa shape index (κ3) is 5.50. The van der Waals surface area contributed by atoms with Crippen molar-refractivity contribution in [3.63, 3.8) is 0 Å². The highest BCUT2D eigenvalue weighted by molar-refractivity contribution is 6.33. The van der Waals surface area contributed by atoms with Crippen molar-refractivity contribution >= 4 is 29.4 Å². The standard InChI is InChI=1S/C29H28ClN5O2/c1-19(2)15-29(23-6-4-3-5-7-23)27(37)35(28(32)34-29)18-22-12-13-25(30)24(14-22)26(36)33-17-21-10-8-20(16-31)9-11-21/h3-14,19H,15,17-18H2,1-2H3,(H2,32,34)(H,33,36). The summed E-state index contributed by atoms with van der Waals surface area (Å²) < 4.78 is 0. The molecular weight excluding hydrogens is 486 g/mol. The van der Waals surface area contributed by atoms with Crippen molar-refractivity contribution in [3.8, 4) is 6.07 Å². The van der Waals surface area contributed by atoms with Gasteiger partial charge in [-0.3, -0.25) is 14.5 Å². The fourth-order valence-corrected chi connectivity index (χ4v) is 4.73. The van der Waals surface area contributed by atoms with Crippen LogP contribution < -0.4 is 11.1 Å². The molecule has 3 aromatic rings. The molecule has 8 heteroatoms. The number of guanidine groups is 1. The quantitative estimate of drug-likeness (QED) is 0.453. The van der Waals surface area contributed by atoms with Gasteiger partial charge in [0.25, 0.3) is 11.8 Å².